The Kier molecular flexibility index (Phi) is 13.6. The molecular formula is C30H50N4O5S2. The highest BCUT2D eigenvalue weighted by Crippen LogP contribution is 2.29. The van der Waals surface area contributed by atoms with Gasteiger partial charge in [0.15, 0.2) is 0 Å². The van der Waals surface area contributed by atoms with Gasteiger partial charge in [-0.05, 0) is 43.0 Å². The van der Waals surface area contributed by atoms with Crippen LogP contribution >= 0.6 is 12.6 Å². The van der Waals surface area contributed by atoms with E-state index in [1.54, 1.807) is 20.2 Å². The normalized spacial score (nSPS) is 15.2. The molecule has 1 aromatic rings. The molecule has 0 bridgehead atoms. The lowest BCUT2D eigenvalue weighted by molar-refractivity contribution is -0.140. The molecule has 1 aromatic carbocycles. The number of amides is 3. The fourth-order valence-electron chi connectivity index (χ4n) is 4.69. The van der Waals surface area contributed by atoms with Crippen LogP contribution in [0.3, 0.4) is 0 Å². The second kappa shape index (κ2) is 15.2. The summed E-state index contributed by atoms with van der Waals surface area (Å²) in [5, 5.41) is 6.14. The van der Waals surface area contributed by atoms with Gasteiger partial charge in [0.05, 0.1) is 17.8 Å². The first kappa shape index (κ1) is 36.7. The predicted molar refractivity (Wildman–Crippen MR) is 169 cm³/mol. The molecule has 232 valence electrons. The third-order valence-corrected chi connectivity index (χ3v) is 8.90. The van der Waals surface area contributed by atoms with Gasteiger partial charge in [-0.1, -0.05) is 84.9 Å². The van der Waals surface area contributed by atoms with Crippen LogP contribution in [0, 0.1) is 11.3 Å². The largest absolute Gasteiger partial charge is 0.342 e. The highest BCUT2D eigenvalue weighted by Gasteiger charge is 2.41. The summed E-state index contributed by atoms with van der Waals surface area (Å²) in [6, 6.07) is 7.71. The van der Waals surface area contributed by atoms with Crippen molar-refractivity contribution in [1.82, 2.24) is 20.3 Å². The van der Waals surface area contributed by atoms with Gasteiger partial charge in [-0.3, -0.25) is 14.4 Å². The van der Waals surface area contributed by atoms with Crippen molar-refractivity contribution < 1.29 is 22.8 Å². The molecule has 0 saturated heterocycles. The van der Waals surface area contributed by atoms with E-state index < -0.39 is 44.9 Å². The number of rotatable bonds is 14. The van der Waals surface area contributed by atoms with Crippen molar-refractivity contribution in [2.45, 2.75) is 85.4 Å². The Labute approximate surface area is 252 Å². The van der Waals surface area contributed by atoms with E-state index in [9.17, 15) is 22.8 Å². The fourth-order valence-corrected chi connectivity index (χ4v) is 6.13. The minimum atomic E-state index is -3.79. The Hall–Kier alpha value is -2.37. The van der Waals surface area contributed by atoms with Crippen LogP contribution < -0.4 is 15.4 Å². The smallest absolute Gasteiger partial charge is 0.260 e. The zero-order valence-corrected chi connectivity index (χ0v) is 27.9. The van der Waals surface area contributed by atoms with Crippen molar-refractivity contribution in [3.63, 3.8) is 0 Å². The number of hydrogen-bond donors (Lipinski definition) is 4. The van der Waals surface area contributed by atoms with Crippen molar-refractivity contribution in [2.75, 3.05) is 25.6 Å². The van der Waals surface area contributed by atoms with Crippen molar-refractivity contribution in [3.05, 3.63) is 47.5 Å². The number of likely N-dealkylation sites (N-methyl/N-ethyl adjacent to an activating group) is 2. The van der Waals surface area contributed by atoms with Crippen LogP contribution in [0.2, 0.25) is 0 Å². The molecule has 0 radical (unpaired) electrons. The molecule has 1 rings (SSSR count). The molecule has 0 aromatic heterocycles. The van der Waals surface area contributed by atoms with Crippen molar-refractivity contribution in [3.8, 4) is 0 Å². The number of carbonyl (C=O) groups excluding carboxylic acids is 3. The molecule has 0 fully saturated rings. The Morgan fingerprint density at radius 2 is 1.59 bits per heavy atom. The van der Waals surface area contributed by atoms with Gasteiger partial charge >= 0.3 is 0 Å². The van der Waals surface area contributed by atoms with Gasteiger partial charge < -0.3 is 15.5 Å². The minimum absolute atomic E-state index is 0.106. The number of nitrogens with one attached hydrogen (secondary N) is 3. The number of hydrogen-bond acceptors (Lipinski definition) is 7. The second-order valence-corrected chi connectivity index (χ2v) is 14.8. The van der Waals surface area contributed by atoms with Crippen LogP contribution in [0.1, 0.15) is 67.4 Å². The molecule has 0 spiro atoms. The summed E-state index contributed by atoms with van der Waals surface area (Å²) in [5.41, 5.74) is -0.0431. The molecule has 3 atom stereocenters. The van der Waals surface area contributed by atoms with E-state index >= 15 is 0 Å². The summed E-state index contributed by atoms with van der Waals surface area (Å²) in [5.74, 6) is -1.29. The highest BCUT2D eigenvalue weighted by molar-refractivity contribution is 7.90. The monoisotopic (exact) mass is 610 g/mol. The Morgan fingerprint density at radius 3 is 2.05 bits per heavy atom. The average Bonchev–Trinajstić information content (AvgIpc) is 2.87. The predicted octanol–water partition coefficient (Wildman–Crippen LogP) is 3.28. The van der Waals surface area contributed by atoms with E-state index in [1.165, 1.54) is 11.8 Å². The van der Waals surface area contributed by atoms with Crippen LogP contribution in [0.4, 0.5) is 0 Å². The third-order valence-electron chi connectivity index (χ3n) is 7.27. The standard InChI is InChI=1S/C30H50N4O5S2/c1-20(2)23(19-21(3)26(35)33-41(38,39)18-14-17-40)34(10)28(37)25(29(4,5)6)32-27(36)24(31-9)30(7,8)22-15-12-11-13-16-22/h11-13,15-16,19-20,23-25,31,40H,14,17-18H2,1-10H3,(H,32,36)(H,33,35)/t23?,24-,25-/m1/s1. The maximum atomic E-state index is 14.0. The van der Waals surface area contributed by atoms with E-state index in [0.29, 0.717) is 12.2 Å². The Bertz CT molecular complexity index is 1180. The topological polar surface area (TPSA) is 125 Å². The first-order valence-electron chi connectivity index (χ1n) is 13.9. The molecule has 0 saturated carbocycles. The van der Waals surface area contributed by atoms with Crippen LogP contribution in [0.25, 0.3) is 0 Å². The SMILES string of the molecule is CN[C@H](C(=O)N[C@H](C(=O)N(C)C(C=C(C)C(=O)NS(=O)(=O)CCCS)C(C)C)C(C)(C)C)C(C)(C)c1ccccc1. The lowest BCUT2D eigenvalue weighted by Crippen LogP contribution is -2.61. The third kappa shape index (κ3) is 10.4. The molecule has 41 heavy (non-hydrogen) atoms. The van der Waals surface area contributed by atoms with Crippen LogP contribution in [-0.4, -0.2) is 74.8 Å². The van der Waals surface area contributed by atoms with E-state index in [0.717, 1.165) is 5.56 Å². The molecule has 9 nitrogen and oxygen atoms in total. The van der Waals surface area contributed by atoms with Gasteiger partial charge in [0, 0.05) is 18.0 Å². The van der Waals surface area contributed by atoms with Crippen molar-refractivity contribution in [2.24, 2.45) is 11.3 Å². The van der Waals surface area contributed by atoms with Crippen molar-refractivity contribution in [1.29, 1.82) is 0 Å². The minimum Gasteiger partial charge on any atom is -0.342 e. The summed E-state index contributed by atoms with van der Waals surface area (Å²) in [7, 11) is -0.438. The van der Waals surface area contributed by atoms with Crippen LogP contribution in [-0.2, 0) is 29.8 Å². The molecule has 3 N–H and O–H groups in total. The van der Waals surface area contributed by atoms with Gasteiger partial charge in [-0.25, -0.2) is 13.1 Å². The van der Waals surface area contributed by atoms with Crippen LogP contribution in [0.15, 0.2) is 42.0 Å². The fraction of sp³-hybridized carbons (Fsp3) is 0.633. The first-order chi connectivity index (χ1) is 18.8. The molecule has 3 amide bonds. The summed E-state index contributed by atoms with van der Waals surface area (Å²) < 4.78 is 26.5. The van der Waals surface area contributed by atoms with Gasteiger partial charge in [0.2, 0.25) is 21.8 Å². The summed E-state index contributed by atoms with van der Waals surface area (Å²) in [4.78, 5) is 41.8. The van der Waals surface area contributed by atoms with E-state index in [4.69, 9.17) is 0 Å². The van der Waals surface area contributed by atoms with E-state index in [-0.39, 0.29) is 29.1 Å². The highest BCUT2D eigenvalue weighted by atomic mass is 32.2. The zero-order chi connectivity index (χ0) is 31.8. The lowest BCUT2D eigenvalue weighted by Gasteiger charge is -2.40. The second-order valence-electron chi connectivity index (χ2n) is 12.5. The number of benzene rings is 1. The Morgan fingerprint density at radius 1 is 1.02 bits per heavy atom. The maximum Gasteiger partial charge on any atom is 0.260 e. The number of sulfonamides is 1. The first-order valence-corrected chi connectivity index (χ1v) is 16.2. The van der Waals surface area contributed by atoms with E-state index in [1.807, 2.05) is 78.8 Å². The van der Waals surface area contributed by atoms with Gasteiger partial charge in [-0.2, -0.15) is 12.6 Å². The molecule has 11 heteroatoms. The van der Waals surface area contributed by atoms with Crippen LogP contribution in [0.5, 0.6) is 0 Å². The number of thiol groups is 1. The maximum absolute atomic E-state index is 14.0. The summed E-state index contributed by atoms with van der Waals surface area (Å²) in [6.45, 7) is 14.9. The van der Waals surface area contributed by atoms with Gasteiger partial charge in [0.25, 0.3) is 5.91 Å². The van der Waals surface area contributed by atoms with Crippen molar-refractivity contribution >= 4 is 40.4 Å². The molecule has 0 heterocycles. The molecule has 1 unspecified atom stereocenters. The molecule has 0 aliphatic rings. The number of nitrogens with zero attached hydrogens (tertiary/aromatic N) is 1. The van der Waals surface area contributed by atoms with Gasteiger partial charge in [-0.15, -0.1) is 0 Å². The summed E-state index contributed by atoms with van der Waals surface area (Å²) >= 11 is 4.02. The molecule has 0 aliphatic carbocycles. The number of carbonyl (C=O) groups is 3. The average molecular weight is 611 g/mol. The van der Waals surface area contributed by atoms with E-state index in [2.05, 4.69) is 28.0 Å². The Balaban J connectivity index is 3.28. The molecule has 0 aliphatic heterocycles. The summed E-state index contributed by atoms with van der Waals surface area (Å²) in [6.07, 6.45) is 1.92. The molecular weight excluding hydrogens is 560 g/mol. The quantitative estimate of drug-likeness (QED) is 0.189. The lowest BCUT2D eigenvalue weighted by atomic mass is 9.76. The zero-order valence-electron chi connectivity index (χ0n) is 26.2. The van der Waals surface area contributed by atoms with Gasteiger partial charge in [0.1, 0.15) is 6.04 Å².